The zero-order valence-corrected chi connectivity index (χ0v) is 13.0. The van der Waals surface area contributed by atoms with Crippen LogP contribution >= 0.6 is 11.8 Å². The highest BCUT2D eigenvalue weighted by Crippen LogP contribution is 2.24. The number of thioether (sulfide) groups is 1. The number of hydrogen-bond donors (Lipinski definition) is 2. The van der Waals surface area contributed by atoms with Gasteiger partial charge in [0.1, 0.15) is 6.04 Å². The smallest absolute Gasteiger partial charge is 0.254 e. The van der Waals surface area contributed by atoms with Gasteiger partial charge >= 0.3 is 0 Å². The molecule has 2 aliphatic heterocycles. The standard InChI is InChI=1S/C15H17N3O3S/c1-18-7-9-2-3-10(6-11(9)15(18)21)16-14(20)12-8-22-5-4-13(19)17-12/h2-3,6,12H,4-5,7-8H2,1H3,(H,16,20)(H,17,19)/t12-/m1/s1. The van der Waals surface area contributed by atoms with E-state index in [0.29, 0.717) is 30.0 Å². The van der Waals surface area contributed by atoms with Gasteiger partial charge in [-0.15, -0.1) is 0 Å². The summed E-state index contributed by atoms with van der Waals surface area (Å²) in [7, 11) is 1.75. The summed E-state index contributed by atoms with van der Waals surface area (Å²) in [6.45, 7) is 0.595. The van der Waals surface area contributed by atoms with Crippen LogP contribution in [-0.4, -0.2) is 47.2 Å². The maximum absolute atomic E-state index is 12.3. The molecule has 3 amide bonds. The highest BCUT2D eigenvalue weighted by Gasteiger charge is 2.26. The minimum Gasteiger partial charge on any atom is -0.343 e. The predicted octanol–water partition coefficient (Wildman–Crippen LogP) is 0.832. The first kappa shape index (κ1) is 14.9. The third kappa shape index (κ3) is 2.94. The van der Waals surface area contributed by atoms with E-state index in [1.807, 2.05) is 6.07 Å². The first-order valence-electron chi connectivity index (χ1n) is 7.11. The number of hydrogen-bond acceptors (Lipinski definition) is 4. The average molecular weight is 319 g/mol. The number of carbonyl (C=O) groups excluding carboxylic acids is 3. The second kappa shape index (κ2) is 6.00. The van der Waals surface area contributed by atoms with E-state index in [4.69, 9.17) is 0 Å². The first-order valence-corrected chi connectivity index (χ1v) is 8.26. The zero-order chi connectivity index (χ0) is 15.7. The Hall–Kier alpha value is -2.02. The fraction of sp³-hybridized carbons (Fsp3) is 0.400. The highest BCUT2D eigenvalue weighted by molar-refractivity contribution is 7.99. The van der Waals surface area contributed by atoms with E-state index in [1.54, 1.807) is 35.8 Å². The Morgan fingerprint density at radius 1 is 1.41 bits per heavy atom. The number of anilines is 1. The molecule has 1 atom stereocenters. The number of fused-ring (bicyclic) bond motifs is 1. The summed E-state index contributed by atoms with van der Waals surface area (Å²) in [5.41, 5.74) is 2.17. The molecule has 7 heteroatoms. The Labute approximate surface area is 132 Å². The number of amides is 3. The van der Waals surface area contributed by atoms with Crippen molar-refractivity contribution >= 4 is 35.2 Å². The highest BCUT2D eigenvalue weighted by atomic mass is 32.2. The number of carbonyl (C=O) groups is 3. The van der Waals surface area contributed by atoms with Gasteiger partial charge in [-0.2, -0.15) is 11.8 Å². The Bertz CT molecular complexity index is 647. The summed E-state index contributed by atoms with van der Waals surface area (Å²) in [5, 5.41) is 5.51. The molecule has 1 fully saturated rings. The number of benzene rings is 1. The largest absolute Gasteiger partial charge is 0.343 e. The summed E-state index contributed by atoms with van der Waals surface area (Å²) in [4.78, 5) is 37.4. The van der Waals surface area contributed by atoms with Gasteiger partial charge in [-0.05, 0) is 17.7 Å². The molecule has 0 radical (unpaired) electrons. The Balaban J connectivity index is 1.72. The third-order valence-electron chi connectivity index (χ3n) is 3.77. The molecule has 0 spiro atoms. The normalized spacial score (nSPS) is 21.1. The van der Waals surface area contributed by atoms with Crippen molar-refractivity contribution in [3.63, 3.8) is 0 Å². The fourth-order valence-electron chi connectivity index (χ4n) is 2.57. The molecule has 0 unspecified atom stereocenters. The van der Waals surface area contributed by atoms with Gasteiger partial charge in [0.2, 0.25) is 11.8 Å². The van der Waals surface area contributed by atoms with Crippen molar-refractivity contribution in [2.75, 3.05) is 23.9 Å². The van der Waals surface area contributed by atoms with E-state index in [0.717, 1.165) is 11.3 Å². The predicted molar refractivity (Wildman–Crippen MR) is 84.7 cm³/mol. The monoisotopic (exact) mass is 319 g/mol. The molecule has 2 aliphatic rings. The quantitative estimate of drug-likeness (QED) is 0.846. The van der Waals surface area contributed by atoms with Crippen LogP contribution in [0.25, 0.3) is 0 Å². The van der Waals surface area contributed by atoms with Crippen LogP contribution in [-0.2, 0) is 16.1 Å². The van der Waals surface area contributed by atoms with Crippen LogP contribution < -0.4 is 10.6 Å². The lowest BCUT2D eigenvalue weighted by Crippen LogP contribution is -2.44. The van der Waals surface area contributed by atoms with E-state index in [9.17, 15) is 14.4 Å². The van der Waals surface area contributed by atoms with Crippen LogP contribution in [0.15, 0.2) is 18.2 Å². The molecule has 116 valence electrons. The summed E-state index contributed by atoms with van der Waals surface area (Å²) in [6.07, 6.45) is 0.439. The summed E-state index contributed by atoms with van der Waals surface area (Å²) in [6, 6.07) is 4.80. The van der Waals surface area contributed by atoms with Gasteiger partial charge in [-0.1, -0.05) is 6.07 Å². The lowest BCUT2D eigenvalue weighted by atomic mass is 10.1. The molecule has 22 heavy (non-hydrogen) atoms. The average Bonchev–Trinajstić information content (AvgIpc) is 2.66. The van der Waals surface area contributed by atoms with E-state index >= 15 is 0 Å². The van der Waals surface area contributed by atoms with Gasteiger partial charge in [0.25, 0.3) is 5.91 Å². The molecular weight excluding hydrogens is 302 g/mol. The van der Waals surface area contributed by atoms with Crippen molar-refractivity contribution < 1.29 is 14.4 Å². The molecule has 0 aliphatic carbocycles. The molecule has 0 aromatic heterocycles. The second-order valence-electron chi connectivity index (χ2n) is 5.47. The molecule has 0 bridgehead atoms. The Morgan fingerprint density at radius 3 is 3.05 bits per heavy atom. The third-order valence-corrected chi connectivity index (χ3v) is 4.83. The molecule has 3 rings (SSSR count). The SMILES string of the molecule is CN1Cc2ccc(NC(=O)[C@H]3CSCCC(=O)N3)cc2C1=O. The van der Waals surface area contributed by atoms with E-state index < -0.39 is 6.04 Å². The van der Waals surface area contributed by atoms with Crippen LogP contribution in [0.1, 0.15) is 22.3 Å². The molecule has 2 N–H and O–H groups in total. The van der Waals surface area contributed by atoms with Gasteiger partial charge in [-0.3, -0.25) is 14.4 Å². The van der Waals surface area contributed by atoms with Crippen LogP contribution in [0.5, 0.6) is 0 Å². The Morgan fingerprint density at radius 2 is 2.23 bits per heavy atom. The summed E-state index contributed by atoms with van der Waals surface area (Å²) < 4.78 is 0. The maximum Gasteiger partial charge on any atom is 0.254 e. The van der Waals surface area contributed by atoms with Gasteiger partial charge in [0, 0.05) is 42.8 Å². The van der Waals surface area contributed by atoms with Crippen LogP contribution in [0.2, 0.25) is 0 Å². The van der Waals surface area contributed by atoms with Crippen LogP contribution in [0.3, 0.4) is 0 Å². The van der Waals surface area contributed by atoms with Gasteiger partial charge < -0.3 is 15.5 Å². The number of nitrogens with zero attached hydrogens (tertiary/aromatic N) is 1. The van der Waals surface area contributed by atoms with Crippen molar-refractivity contribution in [2.45, 2.75) is 19.0 Å². The minimum atomic E-state index is -0.536. The van der Waals surface area contributed by atoms with Gasteiger partial charge in [0.15, 0.2) is 0 Å². The molecule has 0 saturated carbocycles. The van der Waals surface area contributed by atoms with Crippen molar-refractivity contribution in [3.8, 4) is 0 Å². The fourth-order valence-corrected chi connectivity index (χ4v) is 3.54. The van der Waals surface area contributed by atoms with Crippen LogP contribution in [0, 0.1) is 0 Å². The van der Waals surface area contributed by atoms with Gasteiger partial charge in [-0.25, -0.2) is 0 Å². The van der Waals surface area contributed by atoms with Crippen molar-refractivity contribution in [1.82, 2.24) is 10.2 Å². The van der Waals surface area contributed by atoms with Crippen LogP contribution in [0.4, 0.5) is 5.69 Å². The number of rotatable bonds is 2. The topological polar surface area (TPSA) is 78.5 Å². The minimum absolute atomic E-state index is 0.0376. The molecule has 1 saturated heterocycles. The second-order valence-corrected chi connectivity index (χ2v) is 6.62. The van der Waals surface area contributed by atoms with E-state index in [2.05, 4.69) is 10.6 Å². The van der Waals surface area contributed by atoms with E-state index in [-0.39, 0.29) is 17.7 Å². The lowest BCUT2D eigenvalue weighted by Gasteiger charge is -2.15. The summed E-state index contributed by atoms with van der Waals surface area (Å²) >= 11 is 1.58. The lowest BCUT2D eigenvalue weighted by molar-refractivity contribution is -0.125. The van der Waals surface area contributed by atoms with E-state index in [1.165, 1.54) is 0 Å². The van der Waals surface area contributed by atoms with Crippen molar-refractivity contribution in [3.05, 3.63) is 29.3 Å². The van der Waals surface area contributed by atoms with Crippen molar-refractivity contribution in [1.29, 1.82) is 0 Å². The molecule has 6 nitrogen and oxygen atoms in total. The first-order chi connectivity index (χ1) is 10.5. The maximum atomic E-state index is 12.3. The zero-order valence-electron chi connectivity index (χ0n) is 12.2. The van der Waals surface area contributed by atoms with Gasteiger partial charge in [0.05, 0.1) is 0 Å². The Kier molecular flexibility index (Phi) is 4.06. The molecule has 2 heterocycles. The van der Waals surface area contributed by atoms with Crippen molar-refractivity contribution in [2.24, 2.45) is 0 Å². The molecular formula is C15H17N3O3S. The number of nitrogens with one attached hydrogen (secondary N) is 2. The molecule has 1 aromatic rings. The molecule has 1 aromatic carbocycles. The summed E-state index contributed by atoms with van der Waals surface area (Å²) in [5.74, 6) is 0.904.